The van der Waals surface area contributed by atoms with Crippen LogP contribution in [-0.4, -0.2) is 46.1 Å². The fourth-order valence-corrected chi connectivity index (χ4v) is 3.62. The van der Waals surface area contributed by atoms with E-state index in [4.69, 9.17) is 9.47 Å². The van der Waals surface area contributed by atoms with Crippen molar-refractivity contribution in [3.05, 3.63) is 53.9 Å². The number of hydrogen-bond acceptors (Lipinski definition) is 6. The van der Waals surface area contributed by atoms with Crippen LogP contribution in [0, 0.1) is 5.92 Å². The van der Waals surface area contributed by atoms with Gasteiger partial charge in [0.25, 0.3) is 0 Å². The number of hydrogen-bond donors (Lipinski definition) is 3. The molecule has 5 rings (SSSR count). The number of carbonyl (C=O) groups is 3. The van der Waals surface area contributed by atoms with Gasteiger partial charge in [0.05, 0.1) is 24.1 Å². The minimum absolute atomic E-state index is 0.0225. The highest BCUT2D eigenvalue weighted by Crippen LogP contribution is 2.33. The fourth-order valence-electron chi connectivity index (χ4n) is 3.62. The first-order valence-electron chi connectivity index (χ1n) is 9.77. The van der Waals surface area contributed by atoms with Gasteiger partial charge in [-0.3, -0.25) is 14.5 Å². The van der Waals surface area contributed by atoms with Crippen molar-refractivity contribution in [1.29, 1.82) is 0 Å². The maximum Gasteiger partial charge on any atom is 0.324 e. The molecule has 3 aromatic rings. The van der Waals surface area contributed by atoms with Crippen molar-refractivity contribution in [3.63, 3.8) is 0 Å². The van der Waals surface area contributed by atoms with Crippen molar-refractivity contribution in [2.75, 3.05) is 13.3 Å². The van der Waals surface area contributed by atoms with Crippen LogP contribution < -0.4 is 20.1 Å². The summed E-state index contributed by atoms with van der Waals surface area (Å²) in [6, 6.07) is 12.2. The number of imidazole rings is 1. The summed E-state index contributed by atoms with van der Waals surface area (Å²) < 4.78 is 10.6. The average Bonchev–Trinajstić information content (AvgIpc) is 3.41. The van der Waals surface area contributed by atoms with Crippen LogP contribution >= 0.6 is 0 Å². The van der Waals surface area contributed by atoms with Crippen LogP contribution in [0.5, 0.6) is 11.5 Å². The van der Waals surface area contributed by atoms with Crippen molar-refractivity contribution in [1.82, 2.24) is 25.5 Å². The lowest BCUT2D eigenvalue weighted by Crippen LogP contribution is -2.58. The van der Waals surface area contributed by atoms with Crippen LogP contribution in [0.3, 0.4) is 0 Å². The molecule has 2 aliphatic heterocycles. The predicted molar refractivity (Wildman–Crippen MR) is 108 cm³/mol. The molecule has 2 aliphatic rings. The number of nitrogens with zero attached hydrogens (tertiary/aromatic N) is 2. The third kappa shape index (κ3) is 3.63. The SMILES string of the molecule is O=C(NCc1nc2ccccc2[nH]1)C1CNC(=O)N(Cc2ccc3c(c2)OCO3)C1=O. The third-order valence-corrected chi connectivity index (χ3v) is 5.23. The molecule has 0 aliphatic carbocycles. The number of para-hydroxylation sites is 2. The molecule has 1 atom stereocenters. The number of H-pyrrole nitrogens is 1. The highest BCUT2D eigenvalue weighted by atomic mass is 16.7. The normalized spacial score (nSPS) is 17.7. The minimum atomic E-state index is -1.02. The van der Waals surface area contributed by atoms with Crippen LogP contribution in [0.25, 0.3) is 11.0 Å². The minimum Gasteiger partial charge on any atom is -0.454 e. The van der Waals surface area contributed by atoms with Gasteiger partial charge in [0.15, 0.2) is 11.5 Å². The molecule has 1 fully saturated rings. The van der Waals surface area contributed by atoms with Crippen molar-refractivity contribution >= 4 is 28.9 Å². The van der Waals surface area contributed by atoms with Gasteiger partial charge in [-0.05, 0) is 29.8 Å². The Morgan fingerprint density at radius 1 is 1.16 bits per heavy atom. The molecule has 1 saturated heterocycles. The number of ether oxygens (including phenoxy) is 2. The highest BCUT2D eigenvalue weighted by Gasteiger charge is 2.38. The van der Waals surface area contributed by atoms with Crippen LogP contribution in [-0.2, 0) is 22.7 Å². The Morgan fingerprint density at radius 3 is 2.87 bits per heavy atom. The smallest absolute Gasteiger partial charge is 0.324 e. The number of imide groups is 1. The van der Waals surface area contributed by atoms with E-state index in [0.717, 1.165) is 15.9 Å². The first-order chi connectivity index (χ1) is 15.1. The molecule has 2 aromatic carbocycles. The zero-order valence-electron chi connectivity index (χ0n) is 16.4. The van der Waals surface area contributed by atoms with Gasteiger partial charge in [-0.1, -0.05) is 18.2 Å². The summed E-state index contributed by atoms with van der Waals surface area (Å²) in [6.07, 6.45) is 0. The third-order valence-electron chi connectivity index (χ3n) is 5.23. The Bertz CT molecular complexity index is 1160. The van der Waals surface area contributed by atoms with Crippen molar-refractivity contribution in [2.24, 2.45) is 5.92 Å². The maximum absolute atomic E-state index is 12.9. The Kier molecular flexibility index (Phi) is 4.66. The van der Waals surface area contributed by atoms with Crippen LogP contribution in [0.4, 0.5) is 4.79 Å². The largest absolute Gasteiger partial charge is 0.454 e. The summed E-state index contributed by atoms with van der Waals surface area (Å²) >= 11 is 0. The van der Waals surface area contributed by atoms with Crippen LogP contribution in [0.15, 0.2) is 42.5 Å². The predicted octanol–water partition coefficient (Wildman–Crippen LogP) is 1.28. The van der Waals surface area contributed by atoms with Gasteiger partial charge in [0.2, 0.25) is 18.6 Å². The van der Waals surface area contributed by atoms with E-state index >= 15 is 0 Å². The van der Waals surface area contributed by atoms with E-state index in [9.17, 15) is 14.4 Å². The molecule has 0 spiro atoms. The molecule has 31 heavy (non-hydrogen) atoms. The monoisotopic (exact) mass is 421 g/mol. The average molecular weight is 421 g/mol. The molecule has 4 amide bonds. The summed E-state index contributed by atoms with van der Waals surface area (Å²) in [7, 11) is 0. The first kappa shape index (κ1) is 18.9. The Labute approximate surface area is 176 Å². The summed E-state index contributed by atoms with van der Waals surface area (Å²) in [4.78, 5) is 46.4. The van der Waals surface area contributed by atoms with E-state index in [1.807, 2.05) is 24.3 Å². The zero-order chi connectivity index (χ0) is 21.4. The molecule has 1 aromatic heterocycles. The van der Waals surface area contributed by atoms with E-state index in [1.165, 1.54) is 0 Å². The highest BCUT2D eigenvalue weighted by molar-refractivity contribution is 6.08. The van der Waals surface area contributed by atoms with Gasteiger partial charge in [-0.15, -0.1) is 0 Å². The van der Waals surface area contributed by atoms with Crippen molar-refractivity contribution < 1.29 is 23.9 Å². The molecular formula is C21H19N5O5. The van der Waals surface area contributed by atoms with Gasteiger partial charge in [0.1, 0.15) is 11.7 Å². The van der Waals surface area contributed by atoms with Gasteiger partial charge in [0, 0.05) is 6.54 Å². The molecular weight excluding hydrogens is 402 g/mol. The van der Waals surface area contributed by atoms with E-state index in [-0.39, 0.29) is 26.4 Å². The fraction of sp³-hybridized carbons (Fsp3) is 0.238. The number of fused-ring (bicyclic) bond motifs is 2. The topological polar surface area (TPSA) is 126 Å². The number of benzene rings is 2. The molecule has 3 N–H and O–H groups in total. The molecule has 10 nitrogen and oxygen atoms in total. The van der Waals surface area contributed by atoms with Gasteiger partial charge in [-0.25, -0.2) is 9.78 Å². The van der Waals surface area contributed by atoms with Gasteiger partial charge < -0.3 is 25.1 Å². The Morgan fingerprint density at radius 2 is 2.00 bits per heavy atom. The molecule has 158 valence electrons. The molecule has 0 saturated carbocycles. The molecule has 10 heteroatoms. The summed E-state index contributed by atoms with van der Waals surface area (Å²) in [6.45, 7) is 0.249. The second-order valence-corrected chi connectivity index (χ2v) is 7.27. The number of amides is 4. The molecule has 0 bridgehead atoms. The van der Waals surface area contributed by atoms with Crippen molar-refractivity contribution in [3.8, 4) is 11.5 Å². The lowest BCUT2D eigenvalue weighted by Gasteiger charge is -2.30. The summed E-state index contributed by atoms with van der Waals surface area (Å²) in [5.74, 6) is -0.289. The quantitative estimate of drug-likeness (QED) is 0.533. The van der Waals surface area contributed by atoms with Crippen LogP contribution in [0.2, 0.25) is 0 Å². The lowest BCUT2D eigenvalue weighted by molar-refractivity contribution is -0.141. The Hall–Kier alpha value is -4.08. The zero-order valence-corrected chi connectivity index (χ0v) is 16.4. The van der Waals surface area contributed by atoms with Crippen LogP contribution in [0.1, 0.15) is 11.4 Å². The number of carbonyl (C=O) groups excluding carboxylic acids is 3. The Balaban J connectivity index is 1.25. The lowest BCUT2D eigenvalue weighted by atomic mass is 10.0. The summed E-state index contributed by atoms with van der Waals surface area (Å²) in [5.41, 5.74) is 2.35. The second kappa shape index (κ2) is 7.63. The number of aromatic nitrogens is 2. The second-order valence-electron chi connectivity index (χ2n) is 7.27. The maximum atomic E-state index is 12.9. The molecule has 1 unspecified atom stereocenters. The standard InChI is InChI=1S/C21H19N5O5/c27-19(22-9-18-24-14-3-1-2-4-15(14)25-18)13-8-23-21(29)26(20(13)28)10-12-5-6-16-17(7-12)31-11-30-16/h1-7,13H,8-11H2,(H,22,27)(H,23,29)(H,24,25). The van der Waals surface area contributed by atoms with E-state index in [2.05, 4.69) is 20.6 Å². The van der Waals surface area contributed by atoms with E-state index in [1.54, 1.807) is 18.2 Å². The number of nitrogens with one attached hydrogen (secondary N) is 3. The van der Waals surface area contributed by atoms with Crippen molar-refractivity contribution in [2.45, 2.75) is 13.1 Å². The van der Waals surface area contributed by atoms with E-state index in [0.29, 0.717) is 22.9 Å². The number of rotatable bonds is 5. The number of aromatic amines is 1. The molecule has 0 radical (unpaired) electrons. The number of urea groups is 1. The molecule has 3 heterocycles. The summed E-state index contributed by atoms with van der Waals surface area (Å²) in [5, 5.41) is 5.34. The first-order valence-corrected chi connectivity index (χ1v) is 9.77. The van der Waals surface area contributed by atoms with Gasteiger partial charge in [-0.2, -0.15) is 0 Å². The van der Waals surface area contributed by atoms with Gasteiger partial charge >= 0.3 is 6.03 Å². The van der Waals surface area contributed by atoms with E-state index < -0.39 is 23.8 Å².